The Morgan fingerprint density at radius 3 is 2.45 bits per heavy atom. The van der Waals surface area contributed by atoms with Crippen molar-refractivity contribution < 1.29 is 25.1 Å². The minimum atomic E-state index is -0.300. The Labute approximate surface area is 190 Å². The van der Waals surface area contributed by atoms with Gasteiger partial charge in [-0.05, 0) is 12.1 Å². The van der Waals surface area contributed by atoms with Gasteiger partial charge in [0.1, 0.15) is 11.4 Å². The second-order valence-electron chi connectivity index (χ2n) is 7.72. The van der Waals surface area contributed by atoms with Gasteiger partial charge in [-0.1, -0.05) is 24.3 Å². The van der Waals surface area contributed by atoms with Gasteiger partial charge in [0.2, 0.25) is 11.6 Å². The summed E-state index contributed by atoms with van der Waals surface area (Å²) in [5, 5.41) is 10.9. The van der Waals surface area contributed by atoms with Crippen molar-refractivity contribution in [2.75, 3.05) is 44.2 Å². The maximum Gasteiger partial charge on any atom is 0.211 e. The van der Waals surface area contributed by atoms with Crippen LogP contribution in [0.1, 0.15) is 20.7 Å². The highest BCUT2D eigenvalue weighted by Crippen LogP contribution is 2.26. The predicted molar refractivity (Wildman–Crippen MR) is 122 cm³/mol. The minimum absolute atomic E-state index is 0.00821. The van der Waals surface area contributed by atoms with E-state index >= 15 is 0 Å². The van der Waals surface area contributed by atoms with Crippen LogP contribution in [0.4, 0.5) is 5.82 Å². The minimum Gasteiger partial charge on any atom is -0.460 e. The second kappa shape index (κ2) is 9.82. The Bertz CT molecular complexity index is 1200. The highest BCUT2D eigenvalue weighted by Gasteiger charge is 2.30. The molecule has 0 bridgehead atoms. The van der Waals surface area contributed by atoms with Gasteiger partial charge in [0.15, 0.2) is 11.4 Å². The van der Waals surface area contributed by atoms with Gasteiger partial charge in [0.05, 0.1) is 6.26 Å². The van der Waals surface area contributed by atoms with E-state index in [9.17, 15) is 9.59 Å². The molecule has 7 N–H and O–H groups in total. The van der Waals surface area contributed by atoms with E-state index in [1.165, 1.54) is 0 Å². The molecular formula is C23H27N6O4+. The fraction of sp³-hybridized carbons (Fsp3) is 0.261. The number of nitrogens with zero attached hydrogens (tertiary/aromatic N) is 3. The summed E-state index contributed by atoms with van der Waals surface area (Å²) >= 11 is 0. The molecule has 2 aromatic heterocycles. The summed E-state index contributed by atoms with van der Waals surface area (Å²) in [5.41, 5.74) is 7.76. The number of allylic oxidation sites excluding steroid dienone is 2. The van der Waals surface area contributed by atoms with E-state index in [1.54, 1.807) is 30.5 Å². The number of anilines is 1. The summed E-state index contributed by atoms with van der Waals surface area (Å²) in [7, 11) is 0. The van der Waals surface area contributed by atoms with Crippen LogP contribution in [-0.4, -0.2) is 65.9 Å². The van der Waals surface area contributed by atoms with Crippen LogP contribution in [0.25, 0.3) is 11.0 Å². The number of Topliss-reactive ketones (excluding diaryl/α,β-unsaturated/α-hetero) is 2. The number of ketones is 2. The number of furan rings is 1. The fourth-order valence-electron chi connectivity index (χ4n) is 4.20. The lowest BCUT2D eigenvalue weighted by Crippen LogP contribution is -2.48. The summed E-state index contributed by atoms with van der Waals surface area (Å²) < 4.78 is 5.61. The number of nitrogens with two attached hydrogens (primary N) is 1. The molecule has 10 nitrogen and oxygen atoms in total. The Balaban J connectivity index is 0.00000126. The van der Waals surface area contributed by atoms with Gasteiger partial charge >= 0.3 is 0 Å². The highest BCUT2D eigenvalue weighted by molar-refractivity contribution is 6.26. The molecular weight excluding hydrogens is 424 g/mol. The van der Waals surface area contributed by atoms with Crippen LogP contribution < -0.4 is 21.8 Å². The number of pyridine rings is 1. The van der Waals surface area contributed by atoms with E-state index in [1.807, 2.05) is 18.3 Å². The van der Waals surface area contributed by atoms with Crippen molar-refractivity contribution in [3.8, 4) is 0 Å². The van der Waals surface area contributed by atoms with Gasteiger partial charge in [-0.3, -0.25) is 14.5 Å². The molecule has 1 aliphatic carbocycles. The van der Waals surface area contributed by atoms with Crippen molar-refractivity contribution in [2.24, 2.45) is 5.73 Å². The van der Waals surface area contributed by atoms with E-state index < -0.39 is 0 Å². The summed E-state index contributed by atoms with van der Waals surface area (Å²) in [5.74, 6) is 2.60. The monoisotopic (exact) mass is 451 g/mol. The Hall–Kier alpha value is -3.73. The number of quaternary nitrogens is 1. The van der Waals surface area contributed by atoms with Gasteiger partial charge in [0, 0.05) is 62.0 Å². The highest BCUT2D eigenvalue weighted by atomic mass is 16.4. The van der Waals surface area contributed by atoms with Crippen LogP contribution in [0, 0.1) is 0 Å². The molecule has 0 saturated carbocycles. The van der Waals surface area contributed by atoms with Crippen molar-refractivity contribution in [1.82, 2.24) is 15.2 Å². The summed E-state index contributed by atoms with van der Waals surface area (Å²) in [4.78, 5) is 34.3. The summed E-state index contributed by atoms with van der Waals surface area (Å²) in [6.07, 6.45) is 3.50. The zero-order valence-electron chi connectivity index (χ0n) is 18.2. The molecule has 0 radical (unpaired) electrons. The lowest BCUT2D eigenvalue weighted by atomic mass is 9.90. The molecule has 172 valence electrons. The lowest BCUT2D eigenvalue weighted by molar-refractivity contribution is -0.670. The third kappa shape index (κ3) is 4.31. The van der Waals surface area contributed by atoms with Crippen molar-refractivity contribution in [2.45, 2.75) is 0 Å². The zero-order valence-corrected chi connectivity index (χ0v) is 18.2. The van der Waals surface area contributed by atoms with Crippen LogP contribution in [0.2, 0.25) is 0 Å². The zero-order chi connectivity index (χ0) is 23.4. The fourth-order valence-corrected chi connectivity index (χ4v) is 4.20. The Morgan fingerprint density at radius 1 is 1.03 bits per heavy atom. The molecule has 0 amide bonds. The number of aromatic nitrogens is 1. The molecule has 10 heteroatoms. The molecule has 1 saturated heterocycles. The normalized spacial score (nSPS) is 16.5. The number of piperazine rings is 1. The predicted octanol–water partition coefficient (Wildman–Crippen LogP) is 0.406. The molecule has 0 unspecified atom stereocenters. The van der Waals surface area contributed by atoms with Gasteiger partial charge in [0.25, 0.3) is 0 Å². The third-order valence-electron chi connectivity index (χ3n) is 5.91. The first-order valence-corrected chi connectivity index (χ1v) is 10.7. The largest absolute Gasteiger partial charge is 0.460 e. The summed E-state index contributed by atoms with van der Waals surface area (Å²) in [6.45, 7) is 4.68. The van der Waals surface area contributed by atoms with Gasteiger partial charge in [-0.15, -0.1) is 0 Å². The number of benzene rings is 1. The quantitative estimate of drug-likeness (QED) is 0.404. The van der Waals surface area contributed by atoms with Crippen molar-refractivity contribution in [3.05, 3.63) is 71.4 Å². The van der Waals surface area contributed by atoms with E-state index in [0.29, 0.717) is 17.7 Å². The number of hydrogen-bond acceptors (Lipinski definition) is 9. The molecule has 5 rings (SSSR count). The molecule has 3 aromatic rings. The Kier molecular flexibility index (Phi) is 6.68. The van der Waals surface area contributed by atoms with Crippen LogP contribution in [0.3, 0.4) is 0 Å². The number of rotatable bonds is 5. The number of carbonyl (C=O) groups excluding carboxylic acids is 2. The number of carbonyl (C=O) groups is 2. The standard InChI is InChI=1S/C23H23N5O3.H4NO/c24-18-19(21(30)17-4-2-1-3-16(17)20(18)29)25-8-9-27-10-12-28(13-11-27)23-22-15(5-7-26-23)6-14-31-22;1-2/h1-7,14,25H,8-13,24H2;2H,1H3/q;+1. The number of hydrogen-bond donors (Lipinski definition) is 4. The molecule has 1 aromatic carbocycles. The molecule has 0 atom stereocenters. The molecule has 1 aliphatic heterocycles. The van der Waals surface area contributed by atoms with E-state index in [2.05, 4.69) is 26.0 Å². The first-order valence-electron chi connectivity index (χ1n) is 10.7. The van der Waals surface area contributed by atoms with E-state index in [4.69, 9.17) is 15.4 Å². The van der Waals surface area contributed by atoms with Gasteiger partial charge < -0.3 is 20.4 Å². The second-order valence-corrected chi connectivity index (χ2v) is 7.72. The van der Waals surface area contributed by atoms with Crippen LogP contribution in [0.15, 0.2) is 64.7 Å². The van der Waals surface area contributed by atoms with Crippen LogP contribution in [-0.2, 0) is 0 Å². The molecule has 33 heavy (non-hydrogen) atoms. The van der Waals surface area contributed by atoms with Crippen molar-refractivity contribution >= 4 is 28.4 Å². The topological polar surface area (TPSA) is 153 Å². The third-order valence-corrected chi connectivity index (χ3v) is 5.91. The molecule has 2 aliphatic rings. The smallest absolute Gasteiger partial charge is 0.211 e. The van der Waals surface area contributed by atoms with Gasteiger partial charge in [-0.25, -0.2) is 16.1 Å². The summed E-state index contributed by atoms with van der Waals surface area (Å²) in [6, 6.07) is 10.7. The molecule has 3 heterocycles. The first-order chi connectivity index (χ1) is 16.1. The average molecular weight is 452 g/mol. The number of nitrogens with one attached hydrogen (secondary N) is 1. The maximum absolute atomic E-state index is 12.8. The first kappa shape index (κ1) is 22.5. The van der Waals surface area contributed by atoms with Gasteiger partial charge in [-0.2, -0.15) is 0 Å². The van der Waals surface area contributed by atoms with Crippen molar-refractivity contribution in [3.63, 3.8) is 0 Å². The Morgan fingerprint density at radius 2 is 1.73 bits per heavy atom. The van der Waals surface area contributed by atoms with E-state index in [-0.39, 0.29) is 23.0 Å². The van der Waals surface area contributed by atoms with Crippen molar-refractivity contribution in [1.29, 1.82) is 0 Å². The molecule has 0 spiro atoms. The SMILES string of the molecule is NC1=C(NCCN2CCN(c3nccc4ccoc34)CC2)C(=O)c2ccccc2C1=O.[NH3+]O. The van der Waals surface area contributed by atoms with E-state index in [0.717, 1.165) is 49.5 Å². The maximum atomic E-state index is 12.8. The number of fused-ring (bicyclic) bond motifs is 2. The van der Waals surface area contributed by atoms with Crippen LogP contribution in [0.5, 0.6) is 0 Å². The lowest BCUT2D eigenvalue weighted by Gasteiger charge is -2.35. The van der Waals surface area contributed by atoms with Crippen LogP contribution >= 0.6 is 0 Å². The average Bonchev–Trinajstić information content (AvgIpc) is 3.36. The molecule has 1 fully saturated rings.